The quantitative estimate of drug-likeness (QED) is 0.293. The number of hydrogen-bond donors (Lipinski definition) is 1. The number of hydrogen-bond acceptors (Lipinski definition) is 7. The fraction of sp³-hybridized carbons (Fsp3) is 0.444. The average molecular weight is 664 g/mol. The Labute approximate surface area is 278 Å². The molecular weight excluding hydrogens is 623 g/mol. The first-order valence-corrected chi connectivity index (χ1v) is 16.6. The summed E-state index contributed by atoms with van der Waals surface area (Å²) in [6.07, 6.45) is 1.65. The number of anilines is 1. The summed E-state index contributed by atoms with van der Waals surface area (Å²) in [6, 6.07) is 17.0. The Balaban J connectivity index is 0.933. The minimum Gasteiger partial charge on any atom is -0.406 e. The van der Waals surface area contributed by atoms with Gasteiger partial charge in [-0.3, -0.25) is 24.3 Å². The van der Waals surface area contributed by atoms with E-state index in [-0.39, 0.29) is 41.0 Å². The lowest BCUT2D eigenvalue weighted by Crippen LogP contribution is -2.44. The minimum absolute atomic E-state index is 0.0537. The number of piperidine rings is 2. The van der Waals surface area contributed by atoms with Crippen LogP contribution in [0.2, 0.25) is 0 Å². The van der Waals surface area contributed by atoms with Gasteiger partial charge in [-0.2, -0.15) is 0 Å². The van der Waals surface area contributed by atoms with E-state index in [2.05, 4.69) is 24.8 Å². The molecule has 3 aliphatic heterocycles. The number of Topliss-reactive ketones (excluding diaryl/α,β-unsaturated/α-hetero) is 1. The molecular formula is C36H40F3N5O4. The van der Waals surface area contributed by atoms with E-state index in [9.17, 15) is 27.6 Å². The van der Waals surface area contributed by atoms with Crippen LogP contribution in [0.15, 0.2) is 66.9 Å². The molecule has 0 atom stereocenters. The lowest BCUT2D eigenvalue weighted by Gasteiger charge is -2.32. The van der Waals surface area contributed by atoms with Crippen molar-refractivity contribution in [2.24, 2.45) is 5.92 Å². The second-order valence-corrected chi connectivity index (χ2v) is 12.8. The molecule has 0 aliphatic carbocycles. The predicted octanol–water partition coefficient (Wildman–Crippen LogP) is 5.71. The highest BCUT2D eigenvalue weighted by atomic mass is 19.4. The Morgan fingerprint density at radius 2 is 1.52 bits per heavy atom. The first-order chi connectivity index (χ1) is 23.1. The molecule has 3 aliphatic rings. The van der Waals surface area contributed by atoms with Gasteiger partial charge in [0.15, 0.2) is 5.78 Å². The number of rotatable bonds is 9. The smallest absolute Gasteiger partial charge is 0.406 e. The molecule has 4 heterocycles. The van der Waals surface area contributed by atoms with Crippen LogP contribution in [-0.4, -0.2) is 84.1 Å². The third kappa shape index (κ3) is 8.52. The van der Waals surface area contributed by atoms with Crippen LogP contribution < -0.4 is 15.0 Å². The average Bonchev–Trinajstić information content (AvgIpc) is 3.64. The van der Waals surface area contributed by atoms with Gasteiger partial charge < -0.3 is 19.9 Å². The van der Waals surface area contributed by atoms with Crippen molar-refractivity contribution in [1.82, 2.24) is 20.1 Å². The van der Waals surface area contributed by atoms with Crippen molar-refractivity contribution in [3.8, 4) is 5.75 Å². The van der Waals surface area contributed by atoms with Crippen LogP contribution in [0.25, 0.3) is 0 Å². The number of aromatic nitrogens is 1. The molecule has 2 amide bonds. The lowest BCUT2D eigenvalue weighted by molar-refractivity contribution is -0.274. The summed E-state index contributed by atoms with van der Waals surface area (Å²) in [4.78, 5) is 49.7. The molecule has 1 N–H and O–H groups in total. The van der Waals surface area contributed by atoms with Crippen LogP contribution in [0.1, 0.15) is 75.3 Å². The van der Waals surface area contributed by atoms with Crippen molar-refractivity contribution < 1.29 is 32.3 Å². The monoisotopic (exact) mass is 663 g/mol. The van der Waals surface area contributed by atoms with Gasteiger partial charge in [0, 0.05) is 75.2 Å². The van der Waals surface area contributed by atoms with Crippen LogP contribution in [-0.2, 0) is 6.54 Å². The first kappa shape index (κ1) is 33.5. The van der Waals surface area contributed by atoms with E-state index >= 15 is 0 Å². The number of halogens is 3. The van der Waals surface area contributed by atoms with E-state index in [1.165, 1.54) is 37.2 Å². The molecule has 0 radical (unpaired) electrons. The van der Waals surface area contributed by atoms with Gasteiger partial charge in [-0.15, -0.1) is 13.2 Å². The zero-order valence-corrected chi connectivity index (χ0v) is 26.8. The molecule has 0 spiro atoms. The lowest BCUT2D eigenvalue weighted by atomic mass is 9.88. The highest BCUT2D eigenvalue weighted by Crippen LogP contribution is 2.27. The number of amides is 2. The fourth-order valence-corrected chi connectivity index (χ4v) is 6.81. The molecule has 254 valence electrons. The summed E-state index contributed by atoms with van der Waals surface area (Å²) in [5.74, 6) is -0.731. The summed E-state index contributed by atoms with van der Waals surface area (Å²) in [5, 5.41) is 3.03. The number of pyridine rings is 1. The van der Waals surface area contributed by atoms with E-state index in [4.69, 9.17) is 0 Å². The molecule has 48 heavy (non-hydrogen) atoms. The van der Waals surface area contributed by atoms with E-state index in [0.29, 0.717) is 69.5 Å². The van der Waals surface area contributed by atoms with E-state index in [0.717, 1.165) is 24.3 Å². The maximum Gasteiger partial charge on any atom is 0.573 e. The normalized spacial score (nSPS) is 18.1. The van der Waals surface area contributed by atoms with Crippen LogP contribution in [0, 0.1) is 5.92 Å². The molecule has 3 fully saturated rings. The van der Waals surface area contributed by atoms with Crippen molar-refractivity contribution in [1.29, 1.82) is 0 Å². The number of ether oxygens (including phenoxy) is 1. The maximum atomic E-state index is 13.2. The van der Waals surface area contributed by atoms with Crippen molar-refractivity contribution in [3.63, 3.8) is 0 Å². The van der Waals surface area contributed by atoms with Gasteiger partial charge in [0.1, 0.15) is 11.4 Å². The molecule has 0 unspecified atom stereocenters. The zero-order valence-electron chi connectivity index (χ0n) is 26.8. The molecule has 2 aromatic carbocycles. The topological polar surface area (TPSA) is 95.1 Å². The standard InChI is InChI=1S/C36H40F3N5O4/c37-36(38,39)48-31-5-3-4-25(22-31)24-42-18-14-29(15-19-42)41-34(46)28-8-11-32(40-23-28)35(47)44-20-12-27(13-21-44)33(45)26-6-9-30(10-7-26)43-16-1-2-17-43/h3-11,22-23,27,29H,1-2,12-21,24H2,(H,41,46). The Morgan fingerprint density at radius 1 is 0.833 bits per heavy atom. The number of nitrogens with one attached hydrogen (secondary N) is 1. The van der Waals surface area contributed by atoms with Crippen LogP contribution in [0.4, 0.5) is 18.9 Å². The van der Waals surface area contributed by atoms with Gasteiger partial charge in [0.2, 0.25) is 0 Å². The summed E-state index contributed by atoms with van der Waals surface area (Å²) in [7, 11) is 0. The molecule has 3 saturated heterocycles. The molecule has 0 saturated carbocycles. The second kappa shape index (κ2) is 14.8. The third-order valence-electron chi connectivity index (χ3n) is 9.48. The van der Waals surface area contributed by atoms with Crippen molar-refractivity contribution >= 4 is 23.3 Å². The van der Waals surface area contributed by atoms with Gasteiger partial charge in [0.05, 0.1) is 5.56 Å². The number of carbonyl (C=O) groups is 3. The molecule has 9 nitrogen and oxygen atoms in total. The molecule has 3 aromatic rings. The van der Waals surface area contributed by atoms with Crippen molar-refractivity contribution in [3.05, 3.63) is 89.2 Å². The second-order valence-electron chi connectivity index (χ2n) is 12.8. The van der Waals surface area contributed by atoms with Crippen molar-refractivity contribution in [2.45, 2.75) is 57.5 Å². The fourth-order valence-electron chi connectivity index (χ4n) is 6.81. The maximum absolute atomic E-state index is 13.2. The van der Waals surface area contributed by atoms with Gasteiger partial charge in [-0.05, 0) is 92.6 Å². The summed E-state index contributed by atoms with van der Waals surface area (Å²) < 4.78 is 41.7. The van der Waals surface area contributed by atoms with Crippen LogP contribution in [0.5, 0.6) is 5.75 Å². The number of benzene rings is 2. The molecule has 6 rings (SSSR count). The predicted molar refractivity (Wildman–Crippen MR) is 174 cm³/mol. The van der Waals surface area contributed by atoms with E-state index < -0.39 is 6.36 Å². The molecule has 12 heteroatoms. The number of alkyl halides is 3. The Kier molecular flexibility index (Phi) is 10.3. The molecule has 0 bridgehead atoms. The highest BCUT2D eigenvalue weighted by Gasteiger charge is 2.32. The molecule has 1 aromatic heterocycles. The third-order valence-corrected chi connectivity index (χ3v) is 9.48. The first-order valence-electron chi connectivity index (χ1n) is 16.6. The van der Waals surface area contributed by atoms with Gasteiger partial charge in [-0.1, -0.05) is 12.1 Å². The number of nitrogens with zero attached hydrogens (tertiary/aromatic N) is 4. The Morgan fingerprint density at radius 3 is 2.17 bits per heavy atom. The van der Waals surface area contributed by atoms with Crippen LogP contribution >= 0.6 is 0 Å². The zero-order chi connectivity index (χ0) is 33.7. The number of ketones is 1. The van der Waals surface area contributed by atoms with E-state index in [1.807, 2.05) is 24.3 Å². The van der Waals surface area contributed by atoms with Crippen LogP contribution in [0.3, 0.4) is 0 Å². The number of carbonyl (C=O) groups excluding carboxylic acids is 3. The van der Waals surface area contributed by atoms with Gasteiger partial charge in [-0.25, -0.2) is 0 Å². The number of likely N-dealkylation sites (tertiary alicyclic amines) is 2. The summed E-state index contributed by atoms with van der Waals surface area (Å²) >= 11 is 0. The summed E-state index contributed by atoms with van der Waals surface area (Å²) in [6.45, 7) is 4.89. The largest absolute Gasteiger partial charge is 0.573 e. The SMILES string of the molecule is O=C(NC1CCN(Cc2cccc(OC(F)(F)F)c2)CC1)c1ccc(C(=O)N2CCC(C(=O)c3ccc(N4CCCC4)cc3)CC2)nc1. The highest BCUT2D eigenvalue weighted by molar-refractivity contribution is 5.99. The minimum atomic E-state index is -4.73. The Hall–Kier alpha value is -4.45. The van der Waals surface area contributed by atoms with Gasteiger partial charge >= 0.3 is 6.36 Å². The Bertz CT molecular complexity index is 1580. The van der Waals surface area contributed by atoms with Crippen molar-refractivity contribution in [2.75, 3.05) is 44.2 Å². The summed E-state index contributed by atoms with van der Waals surface area (Å²) in [5.41, 5.74) is 3.21. The van der Waals surface area contributed by atoms with Gasteiger partial charge in [0.25, 0.3) is 11.8 Å². The van der Waals surface area contributed by atoms with E-state index in [1.54, 1.807) is 23.1 Å².